The van der Waals surface area contributed by atoms with Crippen LogP contribution >= 0.6 is 0 Å². The summed E-state index contributed by atoms with van der Waals surface area (Å²) in [6.45, 7) is 10.4. The van der Waals surface area contributed by atoms with Crippen LogP contribution in [-0.2, 0) is 23.9 Å². The molecule has 1 saturated heterocycles. The van der Waals surface area contributed by atoms with Crippen LogP contribution in [0.15, 0.2) is 36.0 Å². The van der Waals surface area contributed by atoms with Crippen molar-refractivity contribution in [2.75, 3.05) is 0 Å². The van der Waals surface area contributed by atoms with Gasteiger partial charge in [-0.1, -0.05) is 25.7 Å². The van der Waals surface area contributed by atoms with Crippen molar-refractivity contribution >= 4 is 17.7 Å². The lowest BCUT2D eigenvalue weighted by Crippen LogP contribution is -2.44. The summed E-state index contributed by atoms with van der Waals surface area (Å²) in [5.74, 6) is -2.24. The number of rotatable bonds is 2. The maximum atomic E-state index is 12.3. The minimum absolute atomic E-state index is 0.0623. The number of hydrogen-bond donors (Lipinski definition) is 1. The van der Waals surface area contributed by atoms with Crippen LogP contribution in [0.1, 0.15) is 40.5 Å². The van der Waals surface area contributed by atoms with Crippen molar-refractivity contribution in [2.45, 2.75) is 58.3 Å². The summed E-state index contributed by atoms with van der Waals surface area (Å²) >= 11 is 0. The van der Waals surface area contributed by atoms with Gasteiger partial charge < -0.3 is 14.6 Å². The first kappa shape index (κ1) is 20.1. The summed E-state index contributed by atoms with van der Waals surface area (Å²) in [7, 11) is 0. The molecule has 1 aliphatic carbocycles. The van der Waals surface area contributed by atoms with E-state index in [1.54, 1.807) is 26.0 Å². The lowest BCUT2D eigenvalue weighted by Gasteiger charge is -2.33. The molecule has 0 aromatic carbocycles. The molecule has 1 aliphatic heterocycles. The number of allylic oxidation sites excluding steroid dienone is 2. The molecule has 6 heteroatoms. The summed E-state index contributed by atoms with van der Waals surface area (Å²) in [5, 5.41) is 10.6. The van der Waals surface area contributed by atoms with E-state index in [2.05, 4.69) is 6.58 Å². The number of carbonyl (C=O) groups excluding carboxylic acids is 3. The van der Waals surface area contributed by atoms with Crippen LogP contribution in [-0.4, -0.2) is 40.6 Å². The molecule has 26 heavy (non-hydrogen) atoms. The van der Waals surface area contributed by atoms with Crippen LogP contribution < -0.4 is 0 Å². The molecule has 1 heterocycles. The van der Waals surface area contributed by atoms with Crippen molar-refractivity contribution in [2.24, 2.45) is 11.8 Å². The van der Waals surface area contributed by atoms with Gasteiger partial charge in [-0.25, -0.2) is 9.59 Å². The van der Waals surface area contributed by atoms with E-state index in [-0.39, 0.29) is 17.9 Å². The molecule has 1 N–H and O–H groups in total. The van der Waals surface area contributed by atoms with Crippen LogP contribution in [0.3, 0.4) is 0 Å². The Balaban J connectivity index is 2.45. The van der Waals surface area contributed by atoms with Crippen molar-refractivity contribution in [3.63, 3.8) is 0 Å². The number of fused-ring (bicyclic) bond motifs is 1. The second-order valence-corrected chi connectivity index (χ2v) is 7.32. The molecule has 0 amide bonds. The molecule has 0 aromatic heterocycles. The maximum Gasteiger partial charge on any atom is 0.334 e. The third-order valence-corrected chi connectivity index (χ3v) is 5.05. The number of ketones is 1. The highest BCUT2D eigenvalue weighted by Gasteiger charge is 2.48. The fraction of sp³-hybridized carbons (Fsp3) is 0.550. The van der Waals surface area contributed by atoms with Gasteiger partial charge in [-0.2, -0.15) is 0 Å². The Labute approximate surface area is 153 Å². The molecule has 0 saturated carbocycles. The number of esters is 2. The summed E-state index contributed by atoms with van der Waals surface area (Å²) in [6.07, 6.45) is 3.54. The topological polar surface area (TPSA) is 89.9 Å². The second kappa shape index (κ2) is 7.58. The lowest BCUT2D eigenvalue weighted by atomic mass is 9.79. The van der Waals surface area contributed by atoms with Gasteiger partial charge in [-0.3, -0.25) is 4.79 Å². The smallest absolute Gasteiger partial charge is 0.334 e. The Morgan fingerprint density at radius 2 is 2.12 bits per heavy atom. The quantitative estimate of drug-likeness (QED) is 0.599. The van der Waals surface area contributed by atoms with Crippen LogP contribution in [0.25, 0.3) is 0 Å². The molecule has 2 aliphatic rings. The predicted octanol–water partition coefficient (Wildman–Crippen LogP) is 2.27. The first-order chi connectivity index (χ1) is 12.1. The zero-order valence-corrected chi connectivity index (χ0v) is 15.7. The summed E-state index contributed by atoms with van der Waals surface area (Å²) in [4.78, 5) is 36.7. The van der Waals surface area contributed by atoms with Crippen molar-refractivity contribution < 1.29 is 29.0 Å². The van der Waals surface area contributed by atoms with Gasteiger partial charge in [0.2, 0.25) is 0 Å². The average Bonchev–Trinajstić information content (AvgIpc) is 2.84. The molecule has 5 unspecified atom stereocenters. The van der Waals surface area contributed by atoms with Gasteiger partial charge in [0.1, 0.15) is 17.8 Å². The molecular formula is C20H26O6. The molecular weight excluding hydrogens is 336 g/mol. The molecule has 0 spiro atoms. The molecule has 142 valence electrons. The fourth-order valence-corrected chi connectivity index (χ4v) is 3.26. The Morgan fingerprint density at radius 3 is 2.73 bits per heavy atom. The van der Waals surface area contributed by atoms with E-state index < -0.39 is 41.4 Å². The predicted molar refractivity (Wildman–Crippen MR) is 95.0 cm³/mol. The fourth-order valence-electron chi connectivity index (χ4n) is 3.26. The molecule has 5 atom stereocenters. The molecule has 0 bridgehead atoms. The lowest BCUT2D eigenvalue weighted by molar-refractivity contribution is -0.155. The van der Waals surface area contributed by atoms with Crippen LogP contribution in [0, 0.1) is 11.8 Å². The summed E-state index contributed by atoms with van der Waals surface area (Å²) in [5.41, 5.74) is -1.14. The van der Waals surface area contributed by atoms with Crippen molar-refractivity contribution in [3.05, 3.63) is 36.0 Å². The summed E-state index contributed by atoms with van der Waals surface area (Å²) < 4.78 is 11.0. The van der Waals surface area contributed by atoms with Gasteiger partial charge >= 0.3 is 11.9 Å². The van der Waals surface area contributed by atoms with E-state index in [1.807, 2.05) is 6.92 Å². The standard InChI is InChI=1S/C20H26O6/c1-6-12(3)18(22)26-15-10-20(5,24)16(21)8-7-11(2)9-14-17(15)13(4)19(23)25-14/h6-8,11,14-15,17,24H,4,9-10H2,1-3,5H3. The number of carbonyl (C=O) groups is 3. The van der Waals surface area contributed by atoms with E-state index in [0.717, 1.165) is 0 Å². The Hall–Kier alpha value is -2.21. The van der Waals surface area contributed by atoms with E-state index in [1.165, 1.54) is 13.0 Å². The van der Waals surface area contributed by atoms with Crippen molar-refractivity contribution in [3.8, 4) is 0 Å². The third-order valence-electron chi connectivity index (χ3n) is 5.05. The molecule has 2 rings (SSSR count). The van der Waals surface area contributed by atoms with E-state index >= 15 is 0 Å². The molecule has 0 aromatic rings. The highest BCUT2D eigenvalue weighted by molar-refractivity contribution is 5.97. The minimum Gasteiger partial charge on any atom is -0.458 e. The Morgan fingerprint density at radius 1 is 1.46 bits per heavy atom. The monoisotopic (exact) mass is 362 g/mol. The van der Waals surface area contributed by atoms with Crippen molar-refractivity contribution in [1.29, 1.82) is 0 Å². The second-order valence-electron chi connectivity index (χ2n) is 7.32. The third kappa shape index (κ3) is 4.12. The van der Waals surface area contributed by atoms with E-state index in [0.29, 0.717) is 12.0 Å². The number of ether oxygens (including phenoxy) is 2. The number of aliphatic hydroxyl groups is 1. The SMILES string of the molecule is C=C1C(=O)OC2CC(C)C=CC(=O)C(C)(O)CC(OC(=O)C(C)=CC)C12. The number of hydrogen-bond acceptors (Lipinski definition) is 6. The molecule has 6 nitrogen and oxygen atoms in total. The Bertz CT molecular complexity index is 684. The average molecular weight is 362 g/mol. The normalized spacial score (nSPS) is 35.7. The molecule has 0 radical (unpaired) electrons. The highest BCUT2D eigenvalue weighted by Crippen LogP contribution is 2.38. The largest absolute Gasteiger partial charge is 0.458 e. The van der Waals surface area contributed by atoms with Crippen LogP contribution in [0.4, 0.5) is 0 Å². The van der Waals surface area contributed by atoms with E-state index in [9.17, 15) is 19.5 Å². The zero-order valence-electron chi connectivity index (χ0n) is 15.7. The van der Waals surface area contributed by atoms with Gasteiger partial charge in [-0.05, 0) is 39.2 Å². The van der Waals surface area contributed by atoms with Gasteiger partial charge in [0.15, 0.2) is 5.78 Å². The minimum atomic E-state index is -1.74. The van der Waals surface area contributed by atoms with Gasteiger partial charge in [0.25, 0.3) is 0 Å². The van der Waals surface area contributed by atoms with Gasteiger partial charge in [-0.15, -0.1) is 0 Å². The zero-order chi connectivity index (χ0) is 19.6. The van der Waals surface area contributed by atoms with E-state index in [4.69, 9.17) is 9.47 Å². The maximum absolute atomic E-state index is 12.3. The van der Waals surface area contributed by atoms with Crippen molar-refractivity contribution in [1.82, 2.24) is 0 Å². The first-order valence-electron chi connectivity index (χ1n) is 8.75. The Kier molecular flexibility index (Phi) is 5.86. The first-order valence-corrected chi connectivity index (χ1v) is 8.75. The molecule has 1 fully saturated rings. The van der Waals surface area contributed by atoms with Crippen LogP contribution in [0.2, 0.25) is 0 Å². The van der Waals surface area contributed by atoms with Gasteiger partial charge in [0, 0.05) is 17.6 Å². The highest BCUT2D eigenvalue weighted by atomic mass is 16.6. The van der Waals surface area contributed by atoms with Crippen LogP contribution in [0.5, 0.6) is 0 Å². The van der Waals surface area contributed by atoms with Gasteiger partial charge in [0.05, 0.1) is 5.92 Å². The summed E-state index contributed by atoms with van der Waals surface area (Å²) in [6, 6.07) is 0.